The van der Waals surface area contributed by atoms with E-state index in [0.717, 1.165) is 37.7 Å². The van der Waals surface area contributed by atoms with Crippen molar-refractivity contribution in [2.24, 2.45) is 0 Å². The second kappa shape index (κ2) is 12.3. The highest BCUT2D eigenvalue weighted by molar-refractivity contribution is 6.46. The Balaban J connectivity index is 1.94. The summed E-state index contributed by atoms with van der Waals surface area (Å²) in [6.45, 7) is 7.72. The highest BCUT2D eigenvalue weighted by Crippen LogP contribution is 2.40. The minimum atomic E-state index is -0.660. The van der Waals surface area contributed by atoms with Gasteiger partial charge in [-0.2, -0.15) is 0 Å². The number of ketones is 1. The molecule has 1 unspecified atom stereocenters. The monoisotopic (exact) mass is 465 g/mol. The third kappa shape index (κ3) is 5.79. The predicted octanol–water partition coefficient (Wildman–Crippen LogP) is 5.88. The molecule has 6 heteroatoms. The molecule has 34 heavy (non-hydrogen) atoms. The fourth-order valence-corrected chi connectivity index (χ4v) is 4.11. The summed E-state index contributed by atoms with van der Waals surface area (Å²) in [7, 11) is 0. The number of benzene rings is 2. The predicted molar refractivity (Wildman–Crippen MR) is 133 cm³/mol. The topological polar surface area (TPSA) is 76.1 Å². The Hall–Kier alpha value is -3.28. The van der Waals surface area contributed by atoms with Gasteiger partial charge in [-0.05, 0) is 61.7 Å². The number of likely N-dealkylation sites (tertiary alicyclic amines) is 1. The van der Waals surface area contributed by atoms with Crippen LogP contribution in [-0.2, 0) is 9.59 Å². The van der Waals surface area contributed by atoms with Crippen molar-refractivity contribution >= 4 is 17.4 Å². The van der Waals surface area contributed by atoms with Crippen molar-refractivity contribution in [2.45, 2.75) is 58.9 Å². The molecule has 3 rings (SSSR count). The van der Waals surface area contributed by atoms with E-state index < -0.39 is 17.7 Å². The van der Waals surface area contributed by atoms with Gasteiger partial charge < -0.3 is 19.5 Å². The summed E-state index contributed by atoms with van der Waals surface area (Å²) in [5.74, 6) is 0.0105. The van der Waals surface area contributed by atoms with E-state index >= 15 is 0 Å². The number of rotatable bonds is 12. The van der Waals surface area contributed by atoms with E-state index in [0.29, 0.717) is 36.8 Å². The van der Waals surface area contributed by atoms with Crippen LogP contribution in [0.4, 0.5) is 0 Å². The minimum absolute atomic E-state index is 0.113. The van der Waals surface area contributed by atoms with E-state index in [4.69, 9.17) is 9.47 Å². The SMILES string of the molecule is CCCCCOc1ccc(/C(O)=C2/C(=O)C(=O)N(CCCC)C2c2ccc(OCC)cc2)cc1. The number of hydrogen-bond acceptors (Lipinski definition) is 5. The zero-order valence-electron chi connectivity index (χ0n) is 20.4. The lowest BCUT2D eigenvalue weighted by atomic mass is 9.95. The molecular formula is C28H35NO5. The lowest BCUT2D eigenvalue weighted by molar-refractivity contribution is -0.139. The molecule has 1 heterocycles. The van der Waals surface area contributed by atoms with Crippen LogP contribution in [0.3, 0.4) is 0 Å². The number of ether oxygens (including phenoxy) is 2. The molecule has 0 radical (unpaired) electrons. The normalized spacial score (nSPS) is 17.3. The number of Topliss-reactive ketones (excluding diaryl/α,β-unsaturated/α-hetero) is 1. The van der Waals surface area contributed by atoms with Gasteiger partial charge in [0.15, 0.2) is 0 Å². The number of nitrogens with zero attached hydrogens (tertiary/aromatic N) is 1. The Morgan fingerprint density at radius 3 is 2.09 bits per heavy atom. The molecule has 1 aliphatic rings. The molecule has 1 N–H and O–H groups in total. The second-order valence-electron chi connectivity index (χ2n) is 8.43. The Morgan fingerprint density at radius 2 is 1.47 bits per heavy atom. The number of hydrogen-bond donors (Lipinski definition) is 1. The number of carbonyl (C=O) groups excluding carboxylic acids is 2. The van der Waals surface area contributed by atoms with Crippen LogP contribution in [0.5, 0.6) is 11.5 Å². The fraction of sp³-hybridized carbons (Fsp3) is 0.429. The third-order valence-electron chi connectivity index (χ3n) is 5.94. The van der Waals surface area contributed by atoms with Gasteiger partial charge in [-0.15, -0.1) is 0 Å². The Bertz CT molecular complexity index is 994. The Morgan fingerprint density at radius 1 is 0.853 bits per heavy atom. The molecule has 0 saturated carbocycles. The molecule has 0 spiro atoms. The van der Waals surface area contributed by atoms with E-state index in [1.54, 1.807) is 29.2 Å². The Kier molecular flexibility index (Phi) is 9.14. The molecule has 182 valence electrons. The maximum Gasteiger partial charge on any atom is 0.295 e. The van der Waals surface area contributed by atoms with Gasteiger partial charge in [-0.25, -0.2) is 0 Å². The van der Waals surface area contributed by atoms with Crippen molar-refractivity contribution in [1.29, 1.82) is 0 Å². The van der Waals surface area contributed by atoms with Gasteiger partial charge in [0, 0.05) is 12.1 Å². The van der Waals surface area contributed by atoms with Crippen molar-refractivity contribution in [3.8, 4) is 11.5 Å². The van der Waals surface area contributed by atoms with Crippen molar-refractivity contribution in [3.63, 3.8) is 0 Å². The standard InChI is InChI=1S/C28H35NO5/c1-4-7-9-19-34-23-16-12-21(13-17-23)26(30)24-25(20-10-14-22(15-11-20)33-6-3)29(18-8-5-2)28(32)27(24)31/h10-17,25,30H,4-9,18-19H2,1-3H3/b26-24-. The molecule has 1 atom stereocenters. The first-order valence-electron chi connectivity index (χ1n) is 12.3. The van der Waals surface area contributed by atoms with Crippen molar-refractivity contribution in [3.05, 3.63) is 65.2 Å². The summed E-state index contributed by atoms with van der Waals surface area (Å²) < 4.78 is 11.3. The second-order valence-corrected chi connectivity index (χ2v) is 8.43. The molecule has 1 amide bonds. The summed E-state index contributed by atoms with van der Waals surface area (Å²) in [4.78, 5) is 27.5. The van der Waals surface area contributed by atoms with E-state index in [1.807, 2.05) is 38.1 Å². The van der Waals surface area contributed by atoms with Gasteiger partial charge in [0.2, 0.25) is 0 Å². The number of carbonyl (C=O) groups is 2. The van der Waals surface area contributed by atoms with Crippen LogP contribution in [0.15, 0.2) is 54.1 Å². The molecule has 0 aliphatic carbocycles. The van der Waals surface area contributed by atoms with Gasteiger partial charge in [-0.1, -0.05) is 45.2 Å². The van der Waals surface area contributed by atoms with E-state index in [1.165, 1.54) is 0 Å². The molecule has 0 bridgehead atoms. The average Bonchev–Trinajstić information content (AvgIpc) is 3.11. The summed E-state index contributed by atoms with van der Waals surface area (Å²) in [5.41, 5.74) is 1.35. The first kappa shape index (κ1) is 25.3. The zero-order valence-corrected chi connectivity index (χ0v) is 20.4. The van der Waals surface area contributed by atoms with Gasteiger partial charge in [-0.3, -0.25) is 9.59 Å². The first-order chi connectivity index (χ1) is 16.5. The maximum absolute atomic E-state index is 13.1. The molecule has 1 saturated heterocycles. The van der Waals surface area contributed by atoms with Crippen LogP contribution in [0.2, 0.25) is 0 Å². The summed E-state index contributed by atoms with van der Waals surface area (Å²) in [6, 6.07) is 13.7. The quantitative estimate of drug-likeness (QED) is 0.183. The molecule has 2 aromatic carbocycles. The van der Waals surface area contributed by atoms with Crippen LogP contribution in [-0.4, -0.2) is 41.5 Å². The Labute approximate surface area is 202 Å². The average molecular weight is 466 g/mol. The highest BCUT2D eigenvalue weighted by atomic mass is 16.5. The van der Waals surface area contributed by atoms with Gasteiger partial charge >= 0.3 is 0 Å². The fourth-order valence-electron chi connectivity index (χ4n) is 4.11. The minimum Gasteiger partial charge on any atom is -0.507 e. The van der Waals surface area contributed by atoms with Gasteiger partial charge in [0.25, 0.3) is 11.7 Å². The molecule has 1 aliphatic heterocycles. The maximum atomic E-state index is 13.1. The lowest BCUT2D eigenvalue weighted by Crippen LogP contribution is -2.30. The highest BCUT2D eigenvalue weighted by Gasteiger charge is 2.45. The van der Waals surface area contributed by atoms with Crippen molar-refractivity contribution in [1.82, 2.24) is 4.90 Å². The molecule has 1 fully saturated rings. The number of aliphatic hydroxyl groups is 1. The number of unbranched alkanes of at least 4 members (excludes halogenated alkanes) is 3. The summed E-state index contributed by atoms with van der Waals surface area (Å²) in [5, 5.41) is 11.2. The smallest absolute Gasteiger partial charge is 0.295 e. The van der Waals surface area contributed by atoms with E-state index in [2.05, 4.69) is 6.92 Å². The van der Waals surface area contributed by atoms with Crippen LogP contribution < -0.4 is 9.47 Å². The van der Waals surface area contributed by atoms with Crippen LogP contribution >= 0.6 is 0 Å². The largest absolute Gasteiger partial charge is 0.507 e. The molecule has 2 aromatic rings. The van der Waals surface area contributed by atoms with Crippen molar-refractivity contribution < 1.29 is 24.2 Å². The summed E-state index contributed by atoms with van der Waals surface area (Å²) in [6.07, 6.45) is 4.88. The van der Waals surface area contributed by atoms with Crippen molar-refractivity contribution in [2.75, 3.05) is 19.8 Å². The van der Waals surface area contributed by atoms with Crippen LogP contribution in [0.25, 0.3) is 5.76 Å². The summed E-state index contributed by atoms with van der Waals surface area (Å²) >= 11 is 0. The first-order valence-corrected chi connectivity index (χ1v) is 12.3. The lowest BCUT2D eigenvalue weighted by Gasteiger charge is -2.25. The zero-order chi connectivity index (χ0) is 24.5. The van der Waals surface area contributed by atoms with Crippen LogP contribution in [0.1, 0.15) is 70.0 Å². The van der Waals surface area contributed by atoms with Crippen LogP contribution in [0, 0.1) is 0 Å². The molecule has 6 nitrogen and oxygen atoms in total. The van der Waals surface area contributed by atoms with E-state index in [9.17, 15) is 14.7 Å². The molecular weight excluding hydrogens is 430 g/mol. The molecule has 0 aromatic heterocycles. The number of aliphatic hydroxyl groups excluding tert-OH is 1. The van der Waals surface area contributed by atoms with Gasteiger partial charge in [0.1, 0.15) is 17.3 Å². The van der Waals surface area contributed by atoms with E-state index in [-0.39, 0.29) is 11.3 Å². The van der Waals surface area contributed by atoms with Gasteiger partial charge in [0.05, 0.1) is 24.8 Å². The third-order valence-corrected chi connectivity index (χ3v) is 5.94. The number of amides is 1.